The summed E-state index contributed by atoms with van der Waals surface area (Å²) in [4.78, 5) is 12.9. The molecule has 2 aromatic carbocycles. The van der Waals surface area contributed by atoms with Gasteiger partial charge < -0.3 is 10.1 Å². The maximum absolute atomic E-state index is 12.9. The lowest BCUT2D eigenvalue weighted by molar-refractivity contribution is 0.0874. The number of fused-ring (bicyclic) bond motifs is 1. The van der Waals surface area contributed by atoms with Crippen LogP contribution in [0.4, 0.5) is 0 Å². The zero-order chi connectivity index (χ0) is 18.5. The lowest BCUT2D eigenvalue weighted by Crippen LogP contribution is -2.29. The van der Waals surface area contributed by atoms with E-state index in [1.807, 2.05) is 48.5 Å². The quantitative estimate of drug-likeness (QED) is 0.705. The highest BCUT2D eigenvalue weighted by Crippen LogP contribution is 2.22. The van der Waals surface area contributed by atoms with Crippen LogP contribution in [0, 0.1) is 5.92 Å². The normalized spacial score (nSPS) is 12.5. The molecule has 0 aliphatic heterocycles. The Balaban J connectivity index is 1.82. The van der Waals surface area contributed by atoms with E-state index in [9.17, 15) is 4.79 Å². The van der Waals surface area contributed by atoms with Crippen molar-refractivity contribution >= 4 is 16.9 Å². The molecule has 0 saturated carbocycles. The largest absolute Gasteiger partial charge is 0.497 e. The molecule has 0 fully saturated rings. The smallest absolute Gasteiger partial charge is 0.250 e. The first-order valence-corrected chi connectivity index (χ1v) is 8.79. The fourth-order valence-corrected chi connectivity index (χ4v) is 2.84. The zero-order valence-electron chi connectivity index (χ0n) is 15.3. The molecular formula is C20H24N4O2. The summed E-state index contributed by atoms with van der Waals surface area (Å²) in [5.74, 6) is 1.19. The summed E-state index contributed by atoms with van der Waals surface area (Å²) >= 11 is 0. The Bertz CT molecular complexity index is 871. The molecular weight excluding hydrogens is 328 g/mol. The van der Waals surface area contributed by atoms with Crippen LogP contribution < -0.4 is 10.1 Å². The van der Waals surface area contributed by atoms with Crippen molar-refractivity contribution in [3.63, 3.8) is 0 Å². The Labute approximate surface area is 153 Å². The molecule has 1 atom stereocenters. The molecule has 0 aliphatic carbocycles. The van der Waals surface area contributed by atoms with Gasteiger partial charge in [-0.15, -0.1) is 5.10 Å². The Hall–Kier alpha value is -2.73. The van der Waals surface area contributed by atoms with Gasteiger partial charge in [0.25, 0.3) is 5.91 Å². The van der Waals surface area contributed by atoms with Crippen molar-refractivity contribution in [2.24, 2.45) is 5.92 Å². The fourth-order valence-electron chi connectivity index (χ4n) is 2.84. The second-order valence-corrected chi connectivity index (χ2v) is 6.72. The highest BCUT2D eigenvalue weighted by molar-refractivity contribution is 5.89. The Morgan fingerprint density at radius 3 is 2.58 bits per heavy atom. The highest BCUT2D eigenvalue weighted by Gasteiger charge is 2.19. The first kappa shape index (κ1) is 18.1. The predicted molar refractivity (Wildman–Crippen MR) is 101 cm³/mol. The van der Waals surface area contributed by atoms with Crippen LogP contribution in [0.2, 0.25) is 0 Å². The van der Waals surface area contributed by atoms with Crippen LogP contribution in [-0.4, -0.2) is 34.6 Å². The van der Waals surface area contributed by atoms with E-state index in [4.69, 9.17) is 4.74 Å². The first-order valence-electron chi connectivity index (χ1n) is 8.79. The van der Waals surface area contributed by atoms with Crippen molar-refractivity contribution in [1.29, 1.82) is 0 Å². The van der Waals surface area contributed by atoms with Gasteiger partial charge in [0.15, 0.2) is 0 Å². The van der Waals surface area contributed by atoms with Gasteiger partial charge in [-0.05, 0) is 42.3 Å². The fraction of sp³-hybridized carbons (Fsp3) is 0.350. The molecule has 26 heavy (non-hydrogen) atoms. The van der Waals surface area contributed by atoms with Gasteiger partial charge in [-0.25, -0.2) is 0 Å². The van der Waals surface area contributed by atoms with Crippen LogP contribution in [-0.2, 0) is 0 Å². The van der Waals surface area contributed by atoms with Gasteiger partial charge >= 0.3 is 0 Å². The van der Waals surface area contributed by atoms with Gasteiger partial charge in [0, 0.05) is 12.5 Å². The molecule has 0 bridgehead atoms. The minimum absolute atomic E-state index is 0.0872. The van der Waals surface area contributed by atoms with E-state index in [2.05, 4.69) is 29.5 Å². The van der Waals surface area contributed by atoms with E-state index in [-0.39, 0.29) is 11.9 Å². The molecule has 3 rings (SSSR count). The Morgan fingerprint density at radius 2 is 1.88 bits per heavy atom. The summed E-state index contributed by atoms with van der Waals surface area (Å²) in [7, 11) is 1.64. The number of nitrogens with zero attached hydrogens (tertiary/aromatic N) is 3. The first-order chi connectivity index (χ1) is 12.6. The van der Waals surface area contributed by atoms with E-state index in [0.717, 1.165) is 28.9 Å². The van der Waals surface area contributed by atoms with E-state index in [1.165, 1.54) is 4.68 Å². The lowest BCUT2D eigenvalue weighted by Gasteiger charge is -2.20. The molecule has 136 valence electrons. The van der Waals surface area contributed by atoms with Crippen molar-refractivity contribution in [1.82, 2.24) is 20.3 Å². The maximum Gasteiger partial charge on any atom is 0.250 e. The van der Waals surface area contributed by atoms with E-state index in [1.54, 1.807) is 7.11 Å². The van der Waals surface area contributed by atoms with Crippen molar-refractivity contribution < 1.29 is 9.53 Å². The maximum atomic E-state index is 12.9. The van der Waals surface area contributed by atoms with Crippen molar-refractivity contribution in [3.05, 3.63) is 54.1 Å². The number of ether oxygens (including phenoxy) is 1. The molecule has 6 nitrogen and oxygen atoms in total. The number of aromatic nitrogens is 3. The molecule has 0 aliphatic rings. The van der Waals surface area contributed by atoms with Crippen molar-refractivity contribution in [3.8, 4) is 5.75 Å². The van der Waals surface area contributed by atoms with Crippen molar-refractivity contribution in [2.45, 2.75) is 26.3 Å². The molecule has 0 spiro atoms. The van der Waals surface area contributed by atoms with Crippen LogP contribution in [0.5, 0.6) is 5.75 Å². The molecule has 3 aromatic rings. The van der Waals surface area contributed by atoms with Crippen LogP contribution in [0.3, 0.4) is 0 Å². The Morgan fingerprint density at radius 1 is 1.15 bits per heavy atom. The average Bonchev–Trinajstić information content (AvgIpc) is 3.09. The van der Waals surface area contributed by atoms with Crippen molar-refractivity contribution in [2.75, 3.05) is 13.7 Å². The number of carbonyl (C=O) groups is 1. The Kier molecular flexibility index (Phi) is 5.63. The molecule has 1 heterocycles. The van der Waals surface area contributed by atoms with Gasteiger partial charge in [0.2, 0.25) is 0 Å². The van der Waals surface area contributed by atoms with E-state index >= 15 is 0 Å². The number of benzene rings is 2. The molecule has 1 aromatic heterocycles. The van der Waals surface area contributed by atoms with Gasteiger partial charge in [-0.1, -0.05) is 43.3 Å². The van der Waals surface area contributed by atoms with Crippen LogP contribution >= 0.6 is 0 Å². The third-order valence-corrected chi connectivity index (χ3v) is 4.26. The van der Waals surface area contributed by atoms with E-state index in [0.29, 0.717) is 12.3 Å². The average molecular weight is 352 g/mol. The number of nitrogens with one attached hydrogen (secondary N) is 1. The molecule has 0 saturated heterocycles. The standard InChI is InChI=1S/C20H24N4O2/c1-14(2)13-21-18(15-8-10-16(26-3)11-9-15)12-20(25)24-19-7-5-4-6-17(19)22-23-24/h4-11,14,18,21H,12-13H2,1-3H3. The number of rotatable bonds is 7. The molecule has 0 radical (unpaired) electrons. The highest BCUT2D eigenvalue weighted by atomic mass is 16.5. The number of para-hydroxylation sites is 1. The second-order valence-electron chi connectivity index (χ2n) is 6.72. The number of hydrogen-bond acceptors (Lipinski definition) is 5. The number of hydrogen-bond donors (Lipinski definition) is 1. The van der Waals surface area contributed by atoms with Crippen LogP contribution in [0.25, 0.3) is 11.0 Å². The summed E-state index contributed by atoms with van der Waals surface area (Å²) in [6.45, 7) is 5.11. The summed E-state index contributed by atoms with van der Waals surface area (Å²) < 4.78 is 6.62. The number of carbonyl (C=O) groups excluding carboxylic acids is 1. The summed E-state index contributed by atoms with van der Waals surface area (Å²) in [5.41, 5.74) is 2.50. The predicted octanol–water partition coefficient (Wildman–Crippen LogP) is 3.46. The monoisotopic (exact) mass is 352 g/mol. The SMILES string of the molecule is COc1ccc(C(CC(=O)n2nnc3ccccc32)NCC(C)C)cc1. The van der Waals surface area contributed by atoms with Crippen LogP contribution in [0.1, 0.15) is 36.7 Å². The molecule has 1 unspecified atom stereocenters. The summed E-state index contributed by atoms with van der Waals surface area (Å²) in [6.07, 6.45) is 0.298. The third kappa shape index (κ3) is 4.08. The molecule has 6 heteroatoms. The lowest BCUT2D eigenvalue weighted by atomic mass is 10.0. The van der Waals surface area contributed by atoms with Gasteiger partial charge in [0.05, 0.1) is 12.6 Å². The van der Waals surface area contributed by atoms with Crippen LogP contribution in [0.15, 0.2) is 48.5 Å². The van der Waals surface area contributed by atoms with E-state index < -0.39 is 0 Å². The summed E-state index contributed by atoms with van der Waals surface area (Å²) in [6, 6.07) is 15.2. The summed E-state index contributed by atoms with van der Waals surface area (Å²) in [5, 5.41) is 11.6. The third-order valence-electron chi connectivity index (χ3n) is 4.26. The zero-order valence-corrected chi connectivity index (χ0v) is 15.3. The van der Waals surface area contributed by atoms with Gasteiger partial charge in [-0.3, -0.25) is 4.79 Å². The molecule has 1 N–H and O–H groups in total. The van der Waals surface area contributed by atoms with Gasteiger partial charge in [-0.2, -0.15) is 4.68 Å². The topological polar surface area (TPSA) is 69.0 Å². The van der Waals surface area contributed by atoms with Gasteiger partial charge in [0.1, 0.15) is 11.3 Å². The second kappa shape index (κ2) is 8.10. The minimum Gasteiger partial charge on any atom is -0.497 e. The number of methoxy groups -OCH3 is 1. The molecule has 0 amide bonds. The minimum atomic E-state index is -0.0984.